The Labute approximate surface area is 164 Å². The Balaban J connectivity index is 2.02. The molecule has 0 spiro atoms. The minimum atomic E-state index is -4.97. The van der Waals surface area contributed by atoms with Crippen molar-refractivity contribution in [3.8, 4) is 5.69 Å². The van der Waals surface area contributed by atoms with Gasteiger partial charge in [-0.05, 0) is 36.4 Å². The molecule has 6 nitrogen and oxygen atoms in total. The average Bonchev–Trinajstić information content (AvgIpc) is 3.06. The Morgan fingerprint density at radius 3 is 2.21 bits per heavy atom. The summed E-state index contributed by atoms with van der Waals surface area (Å²) in [7, 11) is 0. The van der Waals surface area contributed by atoms with Gasteiger partial charge in [-0.1, -0.05) is 28.4 Å². The highest BCUT2D eigenvalue weighted by Gasteiger charge is 2.42. The van der Waals surface area contributed by atoms with Crippen molar-refractivity contribution in [3.63, 3.8) is 0 Å². The van der Waals surface area contributed by atoms with Crippen molar-refractivity contribution in [2.24, 2.45) is 0 Å². The van der Waals surface area contributed by atoms with Crippen LogP contribution < -0.4 is 11.1 Å². The zero-order valence-corrected chi connectivity index (χ0v) is 15.1. The Hall–Kier alpha value is -2.85. The maximum absolute atomic E-state index is 13.6. The lowest BCUT2D eigenvalue weighted by molar-refractivity contribution is -0.143. The fourth-order valence-electron chi connectivity index (χ4n) is 2.30. The van der Waals surface area contributed by atoms with Crippen LogP contribution in [0.25, 0.3) is 5.69 Å². The molecular weight excluding hydrogens is 425 g/mol. The van der Waals surface area contributed by atoms with Gasteiger partial charge in [0.1, 0.15) is 5.82 Å². The summed E-state index contributed by atoms with van der Waals surface area (Å²) in [4.78, 5) is 12.4. The van der Waals surface area contributed by atoms with Gasteiger partial charge in [-0.2, -0.15) is 13.2 Å². The lowest BCUT2D eigenvalue weighted by Gasteiger charge is -2.12. The van der Waals surface area contributed by atoms with Gasteiger partial charge in [-0.25, -0.2) is 9.07 Å². The Bertz CT molecular complexity index is 1030. The van der Waals surface area contributed by atoms with Crippen LogP contribution in [0.3, 0.4) is 0 Å². The molecule has 0 saturated heterocycles. The first kappa shape index (κ1) is 19.9. The first-order chi connectivity index (χ1) is 13.1. The van der Waals surface area contributed by atoms with E-state index in [-0.39, 0.29) is 27.1 Å². The molecule has 0 unspecified atom stereocenters. The Morgan fingerprint density at radius 2 is 1.68 bits per heavy atom. The largest absolute Gasteiger partial charge is 0.435 e. The van der Waals surface area contributed by atoms with Crippen LogP contribution in [0.2, 0.25) is 10.0 Å². The summed E-state index contributed by atoms with van der Waals surface area (Å²) >= 11 is 11.7. The zero-order valence-electron chi connectivity index (χ0n) is 13.6. The summed E-state index contributed by atoms with van der Waals surface area (Å²) in [6.45, 7) is 0. The van der Waals surface area contributed by atoms with Gasteiger partial charge in [-0.3, -0.25) is 4.79 Å². The number of benzene rings is 2. The highest BCUT2D eigenvalue weighted by atomic mass is 35.5. The molecule has 0 aliphatic carbocycles. The van der Waals surface area contributed by atoms with Crippen LogP contribution >= 0.6 is 23.2 Å². The topological polar surface area (TPSA) is 85.8 Å². The summed E-state index contributed by atoms with van der Waals surface area (Å²) in [5, 5.41) is 8.95. The fourth-order valence-corrected chi connectivity index (χ4v) is 2.79. The molecule has 28 heavy (non-hydrogen) atoms. The molecule has 1 aromatic heterocycles. The number of alkyl halides is 3. The van der Waals surface area contributed by atoms with E-state index in [0.717, 1.165) is 24.3 Å². The van der Waals surface area contributed by atoms with E-state index in [1.165, 1.54) is 12.1 Å². The van der Waals surface area contributed by atoms with Gasteiger partial charge < -0.3 is 11.1 Å². The van der Waals surface area contributed by atoms with Crippen molar-refractivity contribution in [3.05, 3.63) is 63.6 Å². The number of amides is 1. The lowest BCUT2D eigenvalue weighted by atomic mass is 10.2. The van der Waals surface area contributed by atoms with Crippen molar-refractivity contribution in [2.75, 3.05) is 11.1 Å². The number of hydrogen-bond acceptors (Lipinski definition) is 4. The van der Waals surface area contributed by atoms with Crippen LogP contribution in [0, 0.1) is 5.82 Å². The monoisotopic (exact) mass is 433 g/mol. The predicted molar refractivity (Wildman–Crippen MR) is 95.1 cm³/mol. The molecular formula is C16H9Cl2F4N5O. The summed E-state index contributed by atoms with van der Waals surface area (Å²) < 4.78 is 54.2. The Morgan fingerprint density at radius 1 is 1.11 bits per heavy atom. The van der Waals surface area contributed by atoms with Gasteiger partial charge in [-0.15, -0.1) is 5.10 Å². The van der Waals surface area contributed by atoms with Crippen LogP contribution in [0.5, 0.6) is 0 Å². The van der Waals surface area contributed by atoms with Gasteiger partial charge in [0.05, 0.1) is 21.4 Å². The van der Waals surface area contributed by atoms with Crippen LogP contribution in [-0.2, 0) is 6.18 Å². The third-order valence-corrected chi connectivity index (χ3v) is 4.19. The van der Waals surface area contributed by atoms with E-state index in [0.29, 0.717) is 4.68 Å². The van der Waals surface area contributed by atoms with Crippen molar-refractivity contribution >= 4 is 40.5 Å². The van der Waals surface area contributed by atoms with E-state index in [9.17, 15) is 22.4 Å². The normalized spacial score (nSPS) is 11.5. The number of nitrogens with zero attached hydrogens (tertiary/aromatic N) is 3. The van der Waals surface area contributed by atoms with E-state index < -0.39 is 29.3 Å². The van der Waals surface area contributed by atoms with Gasteiger partial charge in [0.15, 0.2) is 11.4 Å². The van der Waals surface area contributed by atoms with Crippen molar-refractivity contribution in [1.29, 1.82) is 0 Å². The van der Waals surface area contributed by atoms with Gasteiger partial charge >= 0.3 is 6.18 Å². The molecule has 0 bridgehead atoms. The molecule has 2 aromatic carbocycles. The summed E-state index contributed by atoms with van der Waals surface area (Å²) in [5.41, 5.74) is 3.10. The number of rotatable bonds is 3. The second-order valence-corrected chi connectivity index (χ2v) is 6.29. The predicted octanol–water partition coefficient (Wildman–Crippen LogP) is 4.57. The number of aromatic nitrogens is 3. The number of carbonyl (C=O) groups is 1. The molecule has 3 aromatic rings. The second-order valence-electron chi connectivity index (χ2n) is 5.48. The highest BCUT2D eigenvalue weighted by Crippen LogP contribution is 2.34. The van der Waals surface area contributed by atoms with E-state index in [4.69, 9.17) is 28.9 Å². The third kappa shape index (κ3) is 3.87. The maximum Gasteiger partial charge on any atom is 0.435 e. The van der Waals surface area contributed by atoms with Crippen LogP contribution in [-0.4, -0.2) is 20.9 Å². The molecule has 0 radical (unpaired) electrons. The average molecular weight is 434 g/mol. The molecule has 0 fully saturated rings. The molecule has 0 atom stereocenters. The molecule has 12 heteroatoms. The summed E-state index contributed by atoms with van der Waals surface area (Å²) in [6.07, 6.45) is -4.97. The standard InChI is InChI=1S/C16H9Cl2F4N5O/c17-10-5-8(6-11(18)12(10)23)24-15(28)13-14(16(20,21)22)27(26-25-13)9-3-1-7(19)2-4-9/h1-6H,23H2,(H,24,28). The number of anilines is 2. The fraction of sp³-hybridized carbons (Fsp3) is 0.0625. The van der Waals surface area contributed by atoms with Crippen LogP contribution in [0.4, 0.5) is 28.9 Å². The third-order valence-electron chi connectivity index (χ3n) is 3.56. The molecule has 3 rings (SSSR count). The minimum Gasteiger partial charge on any atom is -0.396 e. The smallest absolute Gasteiger partial charge is 0.396 e. The highest BCUT2D eigenvalue weighted by molar-refractivity contribution is 6.39. The molecule has 0 saturated carbocycles. The summed E-state index contributed by atoms with van der Waals surface area (Å²) in [5.74, 6) is -1.84. The molecule has 0 aliphatic rings. The number of hydrogen-bond donors (Lipinski definition) is 2. The maximum atomic E-state index is 13.6. The lowest BCUT2D eigenvalue weighted by Crippen LogP contribution is -2.21. The van der Waals surface area contributed by atoms with E-state index in [1.54, 1.807) is 0 Å². The van der Waals surface area contributed by atoms with E-state index >= 15 is 0 Å². The zero-order chi connectivity index (χ0) is 20.6. The molecule has 1 heterocycles. The Kier molecular flexibility index (Phi) is 5.18. The van der Waals surface area contributed by atoms with Crippen molar-refractivity contribution in [1.82, 2.24) is 15.0 Å². The molecule has 0 aliphatic heterocycles. The van der Waals surface area contributed by atoms with E-state index in [1.807, 2.05) is 0 Å². The number of halogens is 6. The first-order valence-corrected chi connectivity index (χ1v) is 8.18. The van der Waals surface area contributed by atoms with Crippen LogP contribution in [0.1, 0.15) is 16.2 Å². The quantitative estimate of drug-likeness (QED) is 0.468. The molecule has 3 N–H and O–H groups in total. The van der Waals surface area contributed by atoms with Crippen LogP contribution in [0.15, 0.2) is 36.4 Å². The van der Waals surface area contributed by atoms with Crippen molar-refractivity contribution in [2.45, 2.75) is 6.18 Å². The molecule has 1 amide bonds. The van der Waals surface area contributed by atoms with E-state index in [2.05, 4.69) is 15.6 Å². The first-order valence-electron chi connectivity index (χ1n) is 7.42. The number of nitrogen functional groups attached to an aromatic ring is 1. The minimum absolute atomic E-state index is 0.00816. The van der Waals surface area contributed by atoms with Gasteiger partial charge in [0, 0.05) is 5.69 Å². The number of nitrogens with one attached hydrogen (secondary N) is 1. The van der Waals surface area contributed by atoms with Gasteiger partial charge in [0.2, 0.25) is 0 Å². The molecule has 146 valence electrons. The number of nitrogens with two attached hydrogens (primary N) is 1. The SMILES string of the molecule is Nc1c(Cl)cc(NC(=O)c2nnn(-c3ccc(F)cc3)c2C(F)(F)F)cc1Cl. The second kappa shape index (κ2) is 7.28. The van der Waals surface area contributed by atoms with Gasteiger partial charge in [0.25, 0.3) is 5.91 Å². The number of carbonyl (C=O) groups excluding carboxylic acids is 1. The van der Waals surface area contributed by atoms with Crippen molar-refractivity contribution < 1.29 is 22.4 Å². The summed E-state index contributed by atoms with van der Waals surface area (Å²) in [6, 6.07) is 6.49.